The van der Waals surface area contributed by atoms with Crippen LogP contribution >= 0.6 is 0 Å². The van der Waals surface area contributed by atoms with Crippen LogP contribution in [-0.2, 0) is 7.05 Å². The molecule has 0 aliphatic heterocycles. The van der Waals surface area contributed by atoms with Gasteiger partial charge in [-0.25, -0.2) is 9.36 Å². The second kappa shape index (κ2) is 3.84. The molecule has 1 heterocycles. The summed E-state index contributed by atoms with van der Waals surface area (Å²) >= 11 is 0. The van der Waals surface area contributed by atoms with E-state index >= 15 is 0 Å². The molecule has 0 aliphatic carbocycles. The third-order valence-corrected chi connectivity index (χ3v) is 2.56. The number of fused-ring (bicyclic) bond motifs is 1. The predicted octanol–water partition coefficient (Wildman–Crippen LogP) is 0.741. The number of hydrogen-bond donors (Lipinski definition) is 1. The number of hydrazone groups is 1. The van der Waals surface area contributed by atoms with Crippen LogP contribution in [0.15, 0.2) is 34.2 Å². The quantitative estimate of drug-likeness (QED) is 0.436. The molecule has 2 rings (SSSR count). The lowest BCUT2D eigenvalue weighted by Crippen LogP contribution is -2.27. The standard InChI is InChI=1S/C11H14N4O/c1-8(13-12-2)15-10-7-5-4-6-9(10)14(3)11(15)16/h4-7,12H,1-3H3. The minimum absolute atomic E-state index is 0.0855. The van der Waals surface area contributed by atoms with E-state index < -0.39 is 0 Å². The van der Waals surface area contributed by atoms with Gasteiger partial charge in [0.1, 0.15) is 5.84 Å². The summed E-state index contributed by atoms with van der Waals surface area (Å²) in [5, 5.41) is 4.04. The summed E-state index contributed by atoms with van der Waals surface area (Å²) in [6, 6.07) is 7.65. The number of imidazole rings is 1. The molecular weight excluding hydrogens is 204 g/mol. The monoisotopic (exact) mass is 218 g/mol. The smallest absolute Gasteiger partial charge is 0.311 e. The van der Waals surface area contributed by atoms with Gasteiger partial charge in [-0.05, 0) is 19.1 Å². The summed E-state index contributed by atoms with van der Waals surface area (Å²) < 4.78 is 3.20. The molecule has 1 aromatic heterocycles. The normalized spacial score (nSPS) is 12.1. The van der Waals surface area contributed by atoms with Crippen molar-refractivity contribution in [2.75, 3.05) is 7.05 Å². The number of para-hydroxylation sites is 2. The van der Waals surface area contributed by atoms with Gasteiger partial charge in [-0.15, -0.1) is 0 Å². The highest BCUT2D eigenvalue weighted by atomic mass is 16.1. The Kier molecular flexibility index (Phi) is 2.52. The van der Waals surface area contributed by atoms with Gasteiger partial charge in [0, 0.05) is 14.1 Å². The van der Waals surface area contributed by atoms with Crippen LogP contribution in [0.4, 0.5) is 0 Å². The first-order valence-electron chi connectivity index (χ1n) is 5.04. The Morgan fingerprint density at radius 1 is 1.31 bits per heavy atom. The van der Waals surface area contributed by atoms with E-state index in [1.54, 1.807) is 30.2 Å². The summed E-state index contributed by atoms with van der Waals surface area (Å²) in [5.41, 5.74) is 4.37. The van der Waals surface area contributed by atoms with E-state index in [2.05, 4.69) is 10.5 Å². The van der Waals surface area contributed by atoms with Crippen molar-refractivity contribution in [3.8, 4) is 0 Å². The zero-order chi connectivity index (χ0) is 11.7. The first-order chi connectivity index (χ1) is 7.66. The van der Waals surface area contributed by atoms with E-state index in [0.29, 0.717) is 5.84 Å². The average Bonchev–Trinajstić information content (AvgIpc) is 2.53. The van der Waals surface area contributed by atoms with Gasteiger partial charge in [0.05, 0.1) is 11.0 Å². The highest BCUT2D eigenvalue weighted by Crippen LogP contribution is 2.11. The molecule has 1 aromatic carbocycles. The Hall–Kier alpha value is -2.04. The summed E-state index contributed by atoms with van der Waals surface area (Å²) in [5.74, 6) is 0.629. The fourth-order valence-corrected chi connectivity index (χ4v) is 1.82. The Morgan fingerprint density at radius 3 is 2.56 bits per heavy atom. The third kappa shape index (κ3) is 1.41. The second-order valence-electron chi connectivity index (χ2n) is 3.55. The van der Waals surface area contributed by atoms with Crippen LogP contribution in [0.25, 0.3) is 11.0 Å². The second-order valence-corrected chi connectivity index (χ2v) is 3.55. The SMILES string of the molecule is CNN=C(C)n1c(=O)n(C)c2ccccc21. The predicted molar refractivity (Wildman–Crippen MR) is 64.7 cm³/mol. The summed E-state index contributed by atoms with van der Waals surface area (Å²) in [6.07, 6.45) is 0. The van der Waals surface area contributed by atoms with Crippen LogP contribution in [0, 0.1) is 0 Å². The summed E-state index contributed by atoms with van der Waals surface area (Å²) in [4.78, 5) is 12.0. The molecular formula is C11H14N4O. The van der Waals surface area contributed by atoms with Crippen LogP contribution < -0.4 is 11.1 Å². The van der Waals surface area contributed by atoms with Gasteiger partial charge in [0.15, 0.2) is 0 Å². The van der Waals surface area contributed by atoms with Crippen LogP contribution in [0.3, 0.4) is 0 Å². The molecule has 0 bridgehead atoms. The maximum absolute atomic E-state index is 12.0. The molecule has 0 radical (unpaired) electrons. The molecule has 0 aliphatic rings. The molecule has 0 saturated heterocycles. The molecule has 0 amide bonds. The molecule has 5 heteroatoms. The van der Waals surface area contributed by atoms with E-state index in [4.69, 9.17) is 0 Å². The highest BCUT2D eigenvalue weighted by molar-refractivity contribution is 5.92. The maximum Gasteiger partial charge on any atom is 0.334 e. The number of aromatic nitrogens is 2. The van der Waals surface area contributed by atoms with Crippen molar-refractivity contribution in [3.05, 3.63) is 34.7 Å². The lowest BCUT2D eigenvalue weighted by atomic mass is 10.3. The van der Waals surface area contributed by atoms with Crippen LogP contribution in [-0.4, -0.2) is 22.0 Å². The highest BCUT2D eigenvalue weighted by Gasteiger charge is 2.11. The fraction of sp³-hybridized carbons (Fsp3) is 0.273. The van der Waals surface area contributed by atoms with Gasteiger partial charge in [0.2, 0.25) is 0 Å². The number of rotatable bonds is 1. The Morgan fingerprint density at radius 2 is 1.94 bits per heavy atom. The van der Waals surface area contributed by atoms with Crippen LogP contribution in [0.1, 0.15) is 6.92 Å². The zero-order valence-corrected chi connectivity index (χ0v) is 9.56. The van der Waals surface area contributed by atoms with E-state index in [0.717, 1.165) is 11.0 Å². The van der Waals surface area contributed by atoms with Crippen molar-refractivity contribution in [3.63, 3.8) is 0 Å². The summed E-state index contributed by atoms with van der Waals surface area (Å²) in [7, 11) is 3.47. The zero-order valence-electron chi connectivity index (χ0n) is 9.56. The third-order valence-electron chi connectivity index (χ3n) is 2.56. The van der Waals surface area contributed by atoms with Gasteiger partial charge < -0.3 is 5.43 Å². The number of benzene rings is 1. The molecule has 84 valence electrons. The van der Waals surface area contributed by atoms with E-state index in [-0.39, 0.29) is 5.69 Å². The first-order valence-corrected chi connectivity index (χ1v) is 5.04. The van der Waals surface area contributed by atoms with Crippen LogP contribution in [0.2, 0.25) is 0 Å². The first kappa shape index (κ1) is 10.5. The number of aryl methyl sites for hydroxylation is 1. The molecule has 5 nitrogen and oxygen atoms in total. The molecule has 0 fully saturated rings. The number of nitrogens with one attached hydrogen (secondary N) is 1. The van der Waals surface area contributed by atoms with Crippen molar-refractivity contribution < 1.29 is 0 Å². The minimum atomic E-state index is -0.0855. The van der Waals surface area contributed by atoms with Gasteiger partial charge in [-0.1, -0.05) is 12.1 Å². The van der Waals surface area contributed by atoms with E-state index in [1.165, 1.54) is 0 Å². The van der Waals surface area contributed by atoms with Crippen molar-refractivity contribution >= 4 is 16.9 Å². The molecule has 0 atom stereocenters. The van der Waals surface area contributed by atoms with E-state index in [1.807, 2.05) is 24.3 Å². The van der Waals surface area contributed by atoms with Crippen molar-refractivity contribution in [1.29, 1.82) is 0 Å². The van der Waals surface area contributed by atoms with Gasteiger partial charge in [-0.3, -0.25) is 4.57 Å². The minimum Gasteiger partial charge on any atom is -0.311 e. The Labute approximate surface area is 93.0 Å². The van der Waals surface area contributed by atoms with Gasteiger partial charge in [0.25, 0.3) is 0 Å². The van der Waals surface area contributed by atoms with Gasteiger partial charge >= 0.3 is 5.69 Å². The van der Waals surface area contributed by atoms with Gasteiger partial charge in [-0.2, -0.15) is 5.10 Å². The molecule has 0 saturated carbocycles. The summed E-state index contributed by atoms with van der Waals surface area (Å²) in [6.45, 7) is 1.80. The van der Waals surface area contributed by atoms with Crippen molar-refractivity contribution in [1.82, 2.24) is 14.6 Å². The average molecular weight is 218 g/mol. The molecule has 2 aromatic rings. The molecule has 0 spiro atoms. The fourth-order valence-electron chi connectivity index (χ4n) is 1.82. The van der Waals surface area contributed by atoms with Crippen LogP contribution in [0.5, 0.6) is 0 Å². The molecule has 1 N–H and O–H groups in total. The molecule has 16 heavy (non-hydrogen) atoms. The maximum atomic E-state index is 12.0. The largest absolute Gasteiger partial charge is 0.334 e. The van der Waals surface area contributed by atoms with E-state index in [9.17, 15) is 4.79 Å². The Bertz CT molecular complexity index is 606. The lowest BCUT2D eigenvalue weighted by Gasteiger charge is -2.00. The Balaban J connectivity index is 2.84. The molecule has 0 unspecified atom stereocenters. The van der Waals surface area contributed by atoms with Crippen molar-refractivity contribution in [2.24, 2.45) is 12.1 Å². The number of nitrogens with zero attached hydrogens (tertiary/aromatic N) is 3. The topological polar surface area (TPSA) is 51.3 Å². The number of hydrogen-bond acceptors (Lipinski definition) is 3. The van der Waals surface area contributed by atoms with Crippen molar-refractivity contribution in [2.45, 2.75) is 6.92 Å². The lowest BCUT2D eigenvalue weighted by molar-refractivity contribution is 0.837.